The summed E-state index contributed by atoms with van der Waals surface area (Å²) in [5.74, 6) is 1.48. The molecule has 1 aromatic carbocycles. The summed E-state index contributed by atoms with van der Waals surface area (Å²) in [6.07, 6.45) is 0.482. The van der Waals surface area contributed by atoms with Crippen LogP contribution >= 0.6 is 11.8 Å². The summed E-state index contributed by atoms with van der Waals surface area (Å²) >= 11 is 1.51. The highest BCUT2D eigenvalue weighted by Gasteiger charge is 2.06. The van der Waals surface area contributed by atoms with Crippen molar-refractivity contribution in [2.45, 2.75) is 18.2 Å². The molecule has 0 fully saturated rings. The zero-order valence-corrected chi connectivity index (χ0v) is 11.1. The van der Waals surface area contributed by atoms with Crippen molar-refractivity contribution in [1.29, 1.82) is 0 Å². The van der Waals surface area contributed by atoms with Crippen LogP contribution in [0.5, 0.6) is 5.75 Å². The molecule has 0 N–H and O–H groups in total. The lowest BCUT2D eigenvalue weighted by molar-refractivity contribution is -0.117. The zero-order valence-electron chi connectivity index (χ0n) is 10.3. The molecule has 0 bridgehead atoms. The maximum atomic E-state index is 11.5. The SMILES string of the molecule is CCOCCC(=O)CSc1ccccc1OC. The van der Waals surface area contributed by atoms with Gasteiger partial charge in [-0.15, -0.1) is 11.8 Å². The van der Waals surface area contributed by atoms with Crippen LogP contribution in [0.4, 0.5) is 0 Å². The molecule has 4 heteroatoms. The highest BCUT2D eigenvalue weighted by Crippen LogP contribution is 2.28. The van der Waals surface area contributed by atoms with Crippen molar-refractivity contribution >= 4 is 17.5 Å². The number of carbonyl (C=O) groups is 1. The number of Topliss-reactive ketones (excluding diaryl/α,β-unsaturated/α-hetero) is 1. The average molecular weight is 254 g/mol. The van der Waals surface area contributed by atoms with E-state index < -0.39 is 0 Å². The molecule has 0 aromatic heterocycles. The van der Waals surface area contributed by atoms with Crippen molar-refractivity contribution in [2.24, 2.45) is 0 Å². The Balaban J connectivity index is 2.36. The van der Waals surface area contributed by atoms with Gasteiger partial charge in [-0.3, -0.25) is 4.79 Å². The van der Waals surface area contributed by atoms with Crippen LogP contribution in [0, 0.1) is 0 Å². The second-order valence-electron chi connectivity index (χ2n) is 3.43. The van der Waals surface area contributed by atoms with Gasteiger partial charge in [-0.05, 0) is 19.1 Å². The van der Waals surface area contributed by atoms with Gasteiger partial charge >= 0.3 is 0 Å². The smallest absolute Gasteiger partial charge is 0.145 e. The van der Waals surface area contributed by atoms with E-state index in [0.29, 0.717) is 25.4 Å². The van der Waals surface area contributed by atoms with E-state index in [1.807, 2.05) is 31.2 Å². The first-order valence-electron chi connectivity index (χ1n) is 5.63. The number of hydrogen-bond donors (Lipinski definition) is 0. The van der Waals surface area contributed by atoms with Crippen molar-refractivity contribution in [3.8, 4) is 5.75 Å². The molecule has 0 aliphatic rings. The lowest BCUT2D eigenvalue weighted by Crippen LogP contribution is -2.06. The van der Waals surface area contributed by atoms with E-state index in [1.54, 1.807) is 7.11 Å². The van der Waals surface area contributed by atoms with Crippen LogP contribution in [0.25, 0.3) is 0 Å². The monoisotopic (exact) mass is 254 g/mol. The van der Waals surface area contributed by atoms with Gasteiger partial charge in [-0.25, -0.2) is 0 Å². The number of benzene rings is 1. The number of thioether (sulfide) groups is 1. The van der Waals surface area contributed by atoms with E-state index in [1.165, 1.54) is 11.8 Å². The average Bonchev–Trinajstić information content (AvgIpc) is 2.37. The summed E-state index contributed by atoms with van der Waals surface area (Å²) in [4.78, 5) is 12.5. The summed E-state index contributed by atoms with van der Waals surface area (Å²) in [6.45, 7) is 3.10. The van der Waals surface area contributed by atoms with Crippen LogP contribution in [-0.2, 0) is 9.53 Å². The first-order valence-corrected chi connectivity index (χ1v) is 6.61. The Bertz CT molecular complexity index is 352. The maximum absolute atomic E-state index is 11.5. The lowest BCUT2D eigenvalue weighted by Gasteiger charge is -2.07. The van der Waals surface area contributed by atoms with Gasteiger partial charge in [-0.1, -0.05) is 12.1 Å². The molecule has 0 aliphatic carbocycles. The summed E-state index contributed by atoms with van der Waals surface area (Å²) in [6, 6.07) is 7.71. The molecule has 0 atom stereocenters. The Morgan fingerprint density at radius 2 is 2.12 bits per heavy atom. The molecule has 0 unspecified atom stereocenters. The van der Waals surface area contributed by atoms with Crippen molar-refractivity contribution in [3.63, 3.8) is 0 Å². The quantitative estimate of drug-likeness (QED) is 0.528. The zero-order chi connectivity index (χ0) is 12.5. The Hall–Kier alpha value is -1.00. The highest BCUT2D eigenvalue weighted by atomic mass is 32.2. The van der Waals surface area contributed by atoms with Gasteiger partial charge in [0.2, 0.25) is 0 Å². The molecule has 0 saturated carbocycles. The Morgan fingerprint density at radius 3 is 2.82 bits per heavy atom. The van der Waals surface area contributed by atoms with Crippen molar-refractivity contribution in [1.82, 2.24) is 0 Å². The second kappa shape index (κ2) is 8.14. The minimum absolute atomic E-state index is 0.203. The topological polar surface area (TPSA) is 35.5 Å². The van der Waals surface area contributed by atoms with E-state index in [4.69, 9.17) is 9.47 Å². The molecule has 3 nitrogen and oxygen atoms in total. The van der Waals surface area contributed by atoms with Crippen molar-refractivity contribution in [3.05, 3.63) is 24.3 Å². The summed E-state index contributed by atoms with van der Waals surface area (Å²) < 4.78 is 10.4. The predicted molar refractivity (Wildman–Crippen MR) is 69.8 cm³/mol. The largest absolute Gasteiger partial charge is 0.496 e. The summed E-state index contributed by atoms with van der Waals surface area (Å²) in [5.41, 5.74) is 0. The number of methoxy groups -OCH3 is 1. The number of carbonyl (C=O) groups excluding carboxylic acids is 1. The van der Waals surface area contributed by atoms with Gasteiger partial charge in [0.15, 0.2) is 0 Å². The maximum Gasteiger partial charge on any atom is 0.145 e. The molecule has 1 aromatic rings. The molecular weight excluding hydrogens is 236 g/mol. The molecule has 0 amide bonds. The Morgan fingerprint density at radius 1 is 1.35 bits per heavy atom. The van der Waals surface area contributed by atoms with Gasteiger partial charge < -0.3 is 9.47 Å². The molecule has 0 aliphatic heterocycles. The minimum atomic E-state index is 0.203. The van der Waals surface area contributed by atoms with Gasteiger partial charge in [0.1, 0.15) is 11.5 Å². The molecule has 94 valence electrons. The predicted octanol–water partition coefficient (Wildman–Crippen LogP) is 2.78. The van der Waals surface area contributed by atoms with E-state index in [2.05, 4.69) is 0 Å². The van der Waals surface area contributed by atoms with Crippen LogP contribution in [0.2, 0.25) is 0 Å². The molecule has 1 rings (SSSR count). The first kappa shape index (κ1) is 14.1. The van der Waals surface area contributed by atoms with Gasteiger partial charge in [0.25, 0.3) is 0 Å². The van der Waals surface area contributed by atoms with Gasteiger partial charge in [0, 0.05) is 17.9 Å². The number of para-hydroxylation sites is 1. The van der Waals surface area contributed by atoms with Crippen LogP contribution in [0.15, 0.2) is 29.2 Å². The van der Waals surface area contributed by atoms with E-state index in [9.17, 15) is 4.79 Å². The fraction of sp³-hybridized carbons (Fsp3) is 0.462. The number of ketones is 1. The van der Waals surface area contributed by atoms with Crippen LogP contribution in [-0.4, -0.2) is 31.9 Å². The van der Waals surface area contributed by atoms with Crippen LogP contribution < -0.4 is 4.74 Å². The molecule has 0 spiro atoms. The molecule has 17 heavy (non-hydrogen) atoms. The van der Waals surface area contributed by atoms with E-state index >= 15 is 0 Å². The number of rotatable bonds is 8. The molecular formula is C13H18O3S. The molecule has 0 radical (unpaired) electrons. The fourth-order valence-electron chi connectivity index (χ4n) is 1.30. The summed E-state index contributed by atoms with van der Waals surface area (Å²) in [5, 5.41) is 0. The standard InChI is InChI=1S/C13H18O3S/c1-3-16-9-8-11(14)10-17-13-7-5-4-6-12(13)15-2/h4-7H,3,8-10H2,1-2H3. The van der Waals surface area contributed by atoms with E-state index in [0.717, 1.165) is 10.6 Å². The normalized spacial score (nSPS) is 10.2. The van der Waals surface area contributed by atoms with Gasteiger partial charge in [0.05, 0.1) is 19.5 Å². The third-order valence-electron chi connectivity index (χ3n) is 2.19. The molecule has 0 saturated heterocycles. The minimum Gasteiger partial charge on any atom is -0.496 e. The third kappa shape index (κ3) is 5.24. The second-order valence-corrected chi connectivity index (χ2v) is 4.44. The Kier molecular flexibility index (Phi) is 6.74. The molecule has 0 heterocycles. The summed E-state index contributed by atoms with van der Waals surface area (Å²) in [7, 11) is 1.64. The van der Waals surface area contributed by atoms with Crippen molar-refractivity contribution in [2.75, 3.05) is 26.1 Å². The van der Waals surface area contributed by atoms with Crippen LogP contribution in [0.3, 0.4) is 0 Å². The van der Waals surface area contributed by atoms with Gasteiger partial charge in [-0.2, -0.15) is 0 Å². The first-order chi connectivity index (χ1) is 8.27. The fourth-order valence-corrected chi connectivity index (χ4v) is 2.23. The third-order valence-corrected chi connectivity index (χ3v) is 3.30. The number of ether oxygens (including phenoxy) is 2. The lowest BCUT2D eigenvalue weighted by atomic mass is 10.3. The van der Waals surface area contributed by atoms with Crippen molar-refractivity contribution < 1.29 is 14.3 Å². The highest BCUT2D eigenvalue weighted by molar-refractivity contribution is 8.00. The number of hydrogen-bond acceptors (Lipinski definition) is 4. The van der Waals surface area contributed by atoms with E-state index in [-0.39, 0.29) is 5.78 Å². The Labute approximate surface area is 106 Å². The van der Waals surface area contributed by atoms with Crippen LogP contribution in [0.1, 0.15) is 13.3 Å².